The van der Waals surface area contributed by atoms with Crippen molar-refractivity contribution in [3.8, 4) is 11.5 Å². The summed E-state index contributed by atoms with van der Waals surface area (Å²) < 4.78 is 36.1. The number of rotatable bonds is 3. The highest BCUT2D eigenvalue weighted by molar-refractivity contribution is 7.93. The van der Waals surface area contributed by atoms with Crippen LogP contribution in [0.2, 0.25) is 0 Å². The molecule has 0 atom stereocenters. The quantitative estimate of drug-likeness (QED) is 0.892. The monoisotopic (exact) mass is 374 g/mol. The highest BCUT2D eigenvalue weighted by atomic mass is 32.2. The van der Waals surface area contributed by atoms with E-state index in [-0.39, 0.29) is 18.5 Å². The van der Waals surface area contributed by atoms with E-state index < -0.39 is 10.0 Å². The first-order valence-electron chi connectivity index (χ1n) is 8.26. The summed E-state index contributed by atoms with van der Waals surface area (Å²) in [6, 6.07) is 10.2. The molecule has 1 amide bonds. The van der Waals surface area contributed by atoms with Gasteiger partial charge in [0.1, 0.15) is 0 Å². The lowest BCUT2D eigenvalue weighted by Crippen LogP contribution is -2.25. The van der Waals surface area contributed by atoms with E-state index in [1.807, 2.05) is 6.92 Å². The number of benzene rings is 2. The number of sulfonamides is 1. The van der Waals surface area contributed by atoms with E-state index in [0.29, 0.717) is 41.4 Å². The highest BCUT2D eigenvalue weighted by Gasteiger charge is 2.29. The average Bonchev–Trinajstić information content (AvgIpc) is 3.20. The molecule has 0 spiro atoms. The van der Waals surface area contributed by atoms with Crippen molar-refractivity contribution in [1.29, 1.82) is 0 Å². The molecular formula is C18H18N2O5S. The molecule has 0 unspecified atom stereocenters. The summed E-state index contributed by atoms with van der Waals surface area (Å²) in [7, 11) is -3.23. The fourth-order valence-electron chi connectivity index (χ4n) is 3.16. The van der Waals surface area contributed by atoms with E-state index in [2.05, 4.69) is 5.32 Å². The van der Waals surface area contributed by atoms with E-state index in [1.54, 1.807) is 36.4 Å². The Labute approximate surface area is 151 Å². The van der Waals surface area contributed by atoms with Crippen molar-refractivity contribution in [2.45, 2.75) is 13.3 Å². The standard InChI is InChI=1S/C18H18N2O5S/c1-12-9-14(4-5-15(12)20-7-2-8-26(20,22)23)19-18(21)13-3-6-16-17(10-13)25-11-24-16/h3-6,9-10H,2,7-8,11H2,1H3,(H,19,21). The molecule has 0 saturated carbocycles. The molecule has 8 heteroatoms. The fourth-order valence-corrected chi connectivity index (χ4v) is 4.79. The molecule has 0 aromatic heterocycles. The van der Waals surface area contributed by atoms with Crippen LogP contribution >= 0.6 is 0 Å². The first-order valence-corrected chi connectivity index (χ1v) is 9.87. The number of carbonyl (C=O) groups excluding carboxylic acids is 1. The van der Waals surface area contributed by atoms with Crippen LogP contribution in [0.25, 0.3) is 0 Å². The zero-order valence-corrected chi connectivity index (χ0v) is 15.0. The van der Waals surface area contributed by atoms with Gasteiger partial charge in [0.05, 0.1) is 11.4 Å². The van der Waals surface area contributed by atoms with E-state index in [4.69, 9.17) is 9.47 Å². The zero-order valence-electron chi connectivity index (χ0n) is 14.2. The van der Waals surface area contributed by atoms with Crippen LogP contribution in [0.15, 0.2) is 36.4 Å². The van der Waals surface area contributed by atoms with Gasteiger partial charge in [-0.05, 0) is 55.3 Å². The number of ether oxygens (including phenoxy) is 2. The van der Waals surface area contributed by atoms with E-state index >= 15 is 0 Å². The normalized spacial score (nSPS) is 17.3. The third-order valence-electron chi connectivity index (χ3n) is 4.46. The molecule has 1 N–H and O–H groups in total. The first-order chi connectivity index (χ1) is 12.4. The van der Waals surface area contributed by atoms with Crippen molar-refractivity contribution >= 4 is 27.3 Å². The highest BCUT2D eigenvalue weighted by Crippen LogP contribution is 2.33. The Bertz CT molecular complexity index is 987. The molecule has 0 aliphatic carbocycles. The lowest BCUT2D eigenvalue weighted by molar-refractivity contribution is 0.102. The Morgan fingerprint density at radius 3 is 2.65 bits per heavy atom. The molecule has 136 valence electrons. The second-order valence-electron chi connectivity index (χ2n) is 6.27. The van der Waals surface area contributed by atoms with Crippen LogP contribution in [0.1, 0.15) is 22.3 Å². The van der Waals surface area contributed by atoms with Crippen LogP contribution < -0.4 is 19.1 Å². The van der Waals surface area contributed by atoms with Gasteiger partial charge in [0.25, 0.3) is 5.91 Å². The summed E-state index contributed by atoms with van der Waals surface area (Å²) in [6.45, 7) is 2.48. The average molecular weight is 374 g/mol. The molecule has 1 saturated heterocycles. The van der Waals surface area contributed by atoms with Crippen LogP contribution in [-0.4, -0.2) is 33.4 Å². The molecule has 4 rings (SSSR count). The van der Waals surface area contributed by atoms with Gasteiger partial charge >= 0.3 is 0 Å². The number of nitrogens with one attached hydrogen (secondary N) is 1. The Morgan fingerprint density at radius 2 is 1.92 bits per heavy atom. The van der Waals surface area contributed by atoms with Crippen molar-refractivity contribution in [2.75, 3.05) is 28.7 Å². The van der Waals surface area contributed by atoms with E-state index in [1.165, 1.54) is 4.31 Å². The lowest BCUT2D eigenvalue weighted by Gasteiger charge is -2.20. The molecule has 0 radical (unpaired) electrons. The van der Waals surface area contributed by atoms with Crippen molar-refractivity contribution in [3.63, 3.8) is 0 Å². The van der Waals surface area contributed by atoms with Gasteiger partial charge in [0.15, 0.2) is 11.5 Å². The molecule has 2 heterocycles. The largest absolute Gasteiger partial charge is 0.454 e. The third kappa shape index (κ3) is 2.96. The van der Waals surface area contributed by atoms with Gasteiger partial charge in [0, 0.05) is 17.8 Å². The van der Waals surface area contributed by atoms with Crippen molar-refractivity contribution < 1.29 is 22.7 Å². The van der Waals surface area contributed by atoms with Crippen molar-refractivity contribution in [1.82, 2.24) is 0 Å². The minimum Gasteiger partial charge on any atom is -0.454 e. The summed E-state index contributed by atoms with van der Waals surface area (Å²) >= 11 is 0. The topological polar surface area (TPSA) is 84.9 Å². The van der Waals surface area contributed by atoms with Crippen LogP contribution in [0, 0.1) is 6.92 Å². The summed E-state index contributed by atoms with van der Waals surface area (Å²) in [5, 5.41) is 2.83. The zero-order chi connectivity index (χ0) is 18.3. The summed E-state index contributed by atoms with van der Waals surface area (Å²) in [5.41, 5.74) is 2.51. The number of nitrogens with zero attached hydrogens (tertiary/aromatic N) is 1. The number of hydrogen-bond donors (Lipinski definition) is 1. The van der Waals surface area contributed by atoms with Gasteiger partial charge in [-0.2, -0.15) is 0 Å². The second kappa shape index (κ2) is 6.21. The molecule has 2 aromatic rings. The molecule has 0 bridgehead atoms. The van der Waals surface area contributed by atoms with Gasteiger partial charge in [-0.1, -0.05) is 0 Å². The molecule has 2 aromatic carbocycles. The maximum atomic E-state index is 12.5. The minimum absolute atomic E-state index is 0.153. The molecule has 2 aliphatic rings. The number of aryl methyl sites for hydroxylation is 1. The van der Waals surface area contributed by atoms with Crippen molar-refractivity contribution in [2.24, 2.45) is 0 Å². The lowest BCUT2D eigenvalue weighted by atomic mass is 10.1. The van der Waals surface area contributed by atoms with Crippen LogP contribution in [0.3, 0.4) is 0 Å². The molecule has 1 fully saturated rings. The SMILES string of the molecule is Cc1cc(NC(=O)c2ccc3c(c2)OCO3)ccc1N1CCCS1(=O)=O. The van der Waals surface area contributed by atoms with Crippen LogP contribution in [-0.2, 0) is 10.0 Å². The van der Waals surface area contributed by atoms with Crippen LogP contribution in [0.4, 0.5) is 11.4 Å². The Balaban J connectivity index is 1.54. The molecule has 2 aliphatic heterocycles. The number of hydrogen-bond acceptors (Lipinski definition) is 5. The predicted molar refractivity (Wildman–Crippen MR) is 97.4 cm³/mol. The van der Waals surface area contributed by atoms with Gasteiger partial charge < -0.3 is 14.8 Å². The number of amides is 1. The van der Waals surface area contributed by atoms with Gasteiger partial charge in [-0.15, -0.1) is 0 Å². The van der Waals surface area contributed by atoms with Gasteiger partial charge in [0.2, 0.25) is 16.8 Å². The molecular weight excluding hydrogens is 356 g/mol. The Kier molecular flexibility index (Phi) is 3.99. The maximum Gasteiger partial charge on any atom is 0.255 e. The molecule has 7 nitrogen and oxygen atoms in total. The minimum atomic E-state index is -3.23. The smallest absolute Gasteiger partial charge is 0.255 e. The van der Waals surface area contributed by atoms with Crippen molar-refractivity contribution in [3.05, 3.63) is 47.5 Å². The van der Waals surface area contributed by atoms with E-state index in [9.17, 15) is 13.2 Å². The third-order valence-corrected chi connectivity index (χ3v) is 6.31. The van der Waals surface area contributed by atoms with Gasteiger partial charge in [-0.25, -0.2) is 8.42 Å². The summed E-state index contributed by atoms with van der Waals surface area (Å²) in [5.74, 6) is 1.07. The predicted octanol–water partition coefficient (Wildman–Crippen LogP) is 2.52. The van der Waals surface area contributed by atoms with Gasteiger partial charge in [-0.3, -0.25) is 9.10 Å². The Hall–Kier alpha value is -2.74. The number of fused-ring (bicyclic) bond motifs is 1. The Morgan fingerprint density at radius 1 is 1.12 bits per heavy atom. The molecule has 26 heavy (non-hydrogen) atoms. The fraction of sp³-hybridized carbons (Fsp3) is 0.278. The summed E-state index contributed by atoms with van der Waals surface area (Å²) in [6.07, 6.45) is 0.629. The van der Waals surface area contributed by atoms with E-state index in [0.717, 1.165) is 5.56 Å². The number of carbonyl (C=O) groups is 1. The summed E-state index contributed by atoms with van der Waals surface area (Å²) in [4.78, 5) is 12.5. The maximum absolute atomic E-state index is 12.5. The van der Waals surface area contributed by atoms with Crippen LogP contribution in [0.5, 0.6) is 11.5 Å². The number of anilines is 2. The second-order valence-corrected chi connectivity index (χ2v) is 8.28. The first kappa shape index (κ1) is 16.7.